The van der Waals surface area contributed by atoms with Crippen LogP contribution in [-0.4, -0.2) is 23.4 Å². The predicted molar refractivity (Wildman–Crippen MR) is 86.0 cm³/mol. The predicted octanol–water partition coefficient (Wildman–Crippen LogP) is 2.00. The molecule has 0 fully saturated rings. The molecule has 0 saturated carbocycles. The second kappa shape index (κ2) is 6.72. The van der Waals surface area contributed by atoms with Gasteiger partial charge in [0.1, 0.15) is 0 Å². The molecule has 0 bridgehead atoms. The topological polar surface area (TPSA) is 76.9 Å². The Labute approximate surface area is 134 Å². The lowest BCUT2D eigenvalue weighted by atomic mass is 10.1. The quantitative estimate of drug-likeness (QED) is 0.751. The minimum atomic E-state index is -3.63. The van der Waals surface area contributed by atoms with E-state index >= 15 is 0 Å². The fraction of sp³-hybridized carbons (Fsp3) is 0.125. The summed E-state index contributed by atoms with van der Waals surface area (Å²) in [7, 11) is -3.63. The Morgan fingerprint density at radius 3 is 2.09 bits per heavy atom. The van der Waals surface area contributed by atoms with Gasteiger partial charge in [0.05, 0.1) is 29.9 Å². The summed E-state index contributed by atoms with van der Waals surface area (Å²) in [5.74, 6) is 0. The lowest BCUT2D eigenvalue weighted by Crippen LogP contribution is -2.32. The first-order valence-electron chi connectivity index (χ1n) is 7.11. The van der Waals surface area contributed by atoms with Gasteiger partial charge in [-0.05, 0) is 17.7 Å². The molecule has 1 atom stereocenters. The molecule has 1 heterocycles. The number of rotatable bonds is 6. The first kappa shape index (κ1) is 15.4. The number of hydrogen-bond acceptors (Lipinski definition) is 4. The molecule has 7 heteroatoms. The number of hydrogen-bond donors (Lipinski definition) is 1. The van der Waals surface area contributed by atoms with Gasteiger partial charge in [-0.3, -0.25) is 0 Å². The van der Waals surface area contributed by atoms with Crippen LogP contribution < -0.4 is 4.72 Å². The summed E-state index contributed by atoms with van der Waals surface area (Å²) in [6, 6.07) is 17.2. The molecule has 1 aromatic heterocycles. The Morgan fingerprint density at radius 1 is 0.913 bits per heavy atom. The Hall–Kier alpha value is -2.51. The van der Waals surface area contributed by atoms with Gasteiger partial charge >= 0.3 is 0 Å². The van der Waals surface area contributed by atoms with Crippen LogP contribution in [0.1, 0.15) is 11.6 Å². The highest BCUT2D eigenvalue weighted by Gasteiger charge is 2.22. The van der Waals surface area contributed by atoms with Crippen LogP contribution in [0.5, 0.6) is 0 Å². The summed E-state index contributed by atoms with van der Waals surface area (Å²) < 4.78 is 27.9. The molecule has 6 nitrogen and oxygen atoms in total. The van der Waals surface area contributed by atoms with Crippen molar-refractivity contribution in [2.75, 3.05) is 0 Å². The second-order valence-electron chi connectivity index (χ2n) is 4.98. The van der Waals surface area contributed by atoms with Crippen molar-refractivity contribution in [1.82, 2.24) is 19.7 Å². The molecule has 0 radical (unpaired) electrons. The lowest BCUT2D eigenvalue weighted by molar-refractivity contribution is 0.444. The van der Waals surface area contributed by atoms with Gasteiger partial charge in [0, 0.05) is 0 Å². The van der Waals surface area contributed by atoms with Crippen molar-refractivity contribution in [3.63, 3.8) is 0 Å². The molecule has 118 valence electrons. The molecule has 2 aromatic carbocycles. The van der Waals surface area contributed by atoms with E-state index in [1.165, 1.54) is 4.80 Å². The van der Waals surface area contributed by atoms with Crippen LogP contribution in [0.4, 0.5) is 0 Å². The average molecular weight is 328 g/mol. The average Bonchev–Trinajstić information content (AvgIpc) is 3.09. The lowest BCUT2D eigenvalue weighted by Gasteiger charge is -2.18. The minimum absolute atomic E-state index is 0.231. The monoisotopic (exact) mass is 328 g/mol. The van der Waals surface area contributed by atoms with E-state index in [0.29, 0.717) is 6.54 Å². The molecular weight excluding hydrogens is 312 g/mol. The standard InChI is InChI=1S/C16H16N4O2S/c21-23(22,15-9-5-2-6-10-15)19-16(13-20-17-11-12-18-20)14-7-3-1-4-8-14/h1-12,16,19H,13H2. The molecule has 3 aromatic rings. The summed E-state index contributed by atoms with van der Waals surface area (Å²) in [6.45, 7) is 0.309. The van der Waals surface area contributed by atoms with E-state index in [4.69, 9.17) is 0 Å². The summed E-state index contributed by atoms with van der Waals surface area (Å²) in [4.78, 5) is 1.69. The van der Waals surface area contributed by atoms with Crippen molar-refractivity contribution < 1.29 is 8.42 Å². The first-order valence-corrected chi connectivity index (χ1v) is 8.60. The Kier molecular flexibility index (Phi) is 4.50. The van der Waals surface area contributed by atoms with E-state index in [1.807, 2.05) is 30.3 Å². The number of nitrogens with one attached hydrogen (secondary N) is 1. The van der Waals surface area contributed by atoms with Crippen LogP contribution in [0.3, 0.4) is 0 Å². The largest absolute Gasteiger partial charge is 0.241 e. The molecule has 1 N–H and O–H groups in total. The molecule has 3 rings (SSSR count). The molecule has 0 aliphatic carbocycles. The fourth-order valence-electron chi connectivity index (χ4n) is 2.25. The number of nitrogens with zero attached hydrogens (tertiary/aromatic N) is 3. The summed E-state index contributed by atoms with van der Waals surface area (Å²) in [5, 5.41) is 8.11. The van der Waals surface area contributed by atoms with E-state index in [-0.39, 0.29) is 4.90 Å². The van der Waals surface area contributed by atoms with Crippen LogP contribution in [0, 0.1) is 0 Å². The second-order valence-corrected chi connectivity index (χ2v) is 6.70. The van der Waals surface area contributed by atoms with Crippen molar-refractivity contribution >= 4 is 10.0 Å². The van der Waals surface area contributed by atoms with Crippen LogP contribution in [0.2, 0.25) is 0 Å². The van der Waals surface area contributed by atoms with Crippen LogP contribution in [0.15, 0.2) is 78.0 Å². The molecule has 0 amide bonds. The molecule has 1 unspecified atom stereocenters. The molecule has 0 saturated heterocycles. The van der Waals surface area contributed by atoms with Crippen molar-refractivity contribution in [3.8, 4) is 0 Å². The Bertz CT molecular complexity index is 834. The smallest absolute Gasteiger partial charge is 0.207 e. The maximum Gasteiger partial charge on any atom is 0.241 e. The summed E-state index contributed by atoms with van der Waals surface area (Å²) in [5.41, 5.74) is 0.851. The highest BCUT2D eigenvalue weighted by molar-refractivity contribution is 7.89. The van der Waals surface area contributed by atoms with Gasteiger partial charge in [0.2, 0.25) is 10.0 Å². The van der Waals surface area contributed by atoms with Crippen molar-refractivity contribution in [2.45, 2.75) is 17.5 Å². The molecule has 0 aliphatic heterocycles. The van der Waals surface area contributed by atoms with Crippen LogP contribution >= 0.6 is 0 Å². The molecule has 0 spiro atoms. The molecule has 0 aliphatic rings. The zero-order valence-electron chi connectivity index (χ0n) is 12.3. The third-order valence-corrected chi connectivity index (χ3v) is 4.85. The van der Waals surface area contributed by atoms with E-state index in [2.05, 4.69) is 14.9 Å². The van der Waals surface area contributed by atoms with Gasteiger partial charge in [-0.1, -0.05) is 48.5 Å². The molecular formula is C16H16N4O2S. The maximum absolute atomic E-state index is 12.6. The van der Waals surface area contributed by atoms with Gasteiger partial charge in [-0.25, -0.2) is 13.1 Å². The van der Waals surface area contributed by atoms with Crippen LogP contribution in [-0.2, 0) is 16.6 Å². The van der Waals surface area contributed by atoms with E-state index in [9.17, 15) is 8.42 Å². The van der Waals surface area contributed by atoms with E-state index in [1.54, 1.807) is 42.7 Å². The first-order chi connectivity index (χ1) is 11.1. The van der Waals surface area contributed by atoms with Crippen molar-refractivity contribution in [1.29, 1.82) is 0 Å². The van der Waals surface area contributed by atoms with Gasteiger partial charge < -0.3 is 0 Å². The Balaban J connectivity index is 1.90. The SMILES string of the molecule is O=S(=O)(NC(Cn1nccn1)c1ccccc1)c1ccccc1. The third kappa shape index (κ3) is 3.82. The van der Waals surface area contributed by atoms with Crippen LogP contribution in [0.25, 0.3) is 0 Å². The number of benzene rings is 2. The van der Waals surface area contributed by atoms with E-state index in [0.717, 1.165) is 5.56 Å². The Morgan fingerprint density at radius 2 is 1.48 bits per heavy atom. The zero-order chi connectivity index (χ0) is 16.1. The third-order valence-electron chi connectivity index (χ3n) is 3.37. The van der Waals surface area contributed by atoms with Crippen molar-refractivity contribution in [2.24, 2.45) is 0 Å². The van der Waals surface area contributed by atoms with Gasteiger partial charge in [-0.15, -0.1) is 0 Å². The highest BCUT2D eigenvalue weighted by atomic mass is 32.2. The summed E-state index contributed by atoms with van der Waals surface area (Å²) >= 11 is 0. The van der Waals surface area contributed by atoms with Gasteiger partial charge in [0.25, 0.3) is 0 Å². The fourth-order valence-corrected chi connectivity index (χ4v) is 3.49. The zero-order valence-corrected chi connectivity index (χ0v) is 13.1. The highest BCUT2D eigenvalue weighted by Crippen LogP contribution is 2.18. The van der Waals surface area contributed by atoms with Gasteiger partial charge in [0.15, 0.2) is 0 Å². The van der Waals surface area contributed by atoms with Crippen molar-refractivity contribution in [3.05, 3.63) is 78.6 Å². The normalized spacial score (nSPS) is 12.9. The minimum Gasteiger partial charge on any atom is -0.207 e. The van der Waals surface area contributed by atoms with Gasteiger partial charge in [-0.2, -0.15) is 15.0 Å². The van der Waals surface area contributed by atoms with E-state index < -0.39 is 16.1 Å². The summed E-state index contributed by atoms with van der Waals surface area (Å²) in [6.07, 6.45) is 3.13. The number of aromatic nitrogens is 3. The number of sulfonamides is 1. The maximum atomic E-state index is 12.6. The molecule has 23 heavy (non-hydrogen) atoms.